The van der Waals surface area contributed by atoms with Crippen LogP contribution in [-0.4, -0.2) is 11.1 Å². The molecule has 0 radical (unpaired) electrons. The fourth-order valence-corrected chi connectivity index (χ4v) is 1.18. The molecule has 0 spiro atoms. The fourth-order valence-electron chi connectivity index (χ4n) is 1.02. The number of benzene rings is 1. The van der Waals surface area contributed by atoms with Crippen LogP contribution in [0.3, 0.4) is 0 Å². The second-order valence-corrected chi connectivity index (χ2v) is 3.41. The first-order valence-corrected chi connectivity index (χ1v) is 4.28. The second kappa shape index (κ2) is 4.05. The predicted octanol–water partition coefficient (Wildman–Crippen LogP) is 1.86. The third-order valence-corrected chi connectivity index (χ3v) is 2.01. The van der Waals surface area contributed by atoms with Crippen molar-refractivity contribution in [1.82, 2.24) is 0 Å². The van der Waals surface area contributed by atoms with E-state index in [2.05, 4.69) is 0 Å². The number of hydrogen-bond donors (Lipinski definition) is 2. The maximum Gasteiger partial charge on any atom is 0.130 e. The summed E-state index contributed by atoms with van der Waals surface area (Å²) in [6, 6.07) is 3.61. The van der Waals surface area contributed by atoms with Crippen LogP contribution in [0.4, 0.5) is 4.39 Å². The zero-order valence-electron chi connectivity index (χ0n) is 7.17. The van der Waals surface area contributed by atoms with Gasteiger partial charge < -0.3 is 10.8 Å². The number of aliphatic hydroxyl groups excluding tert-OH is 1. The molecule has 1 aromatic rings. The van der Waals surface area contributed by atoms with Crippen LogP contribution in [0.15, 0.2) is 18.2 Å². The van der Waals surface area contributed by atoms with Crippen LogP contribution in [0.25, 0.3) is 0 Å². The van der Waals surface area contributed by atoms with Crippen LogP contribution in [0.1, 0.15) is 18.6 Å². The number of hydrogen-bond acceptors (Lipinski definition) is 2. The minimum atomic E-state index is -0.989. The first-order chi connectivity index (χ1) is 6.02. The maximum atomic E-state index is 13.2. The lowest BCUT2D eigenvalue weighted by atomic mass is 10.0. The number of aliphatic hydroxyl groups is 1. The van der Waals surface area contributed by atoms with E-state index in [1.54, 1.807) is 6.92 Å². The van der Waals surface area contributed by atoms with Gasteiger partial charge in [0.2, 0.25) is 0 Å². The Morgan fingerprint density at radius 1 is 1.54 bits per heavy atom. The molecule has 0 aliphatic heterocycles. The molecule has 3 N–H and O–H groups in total. The van der Waals surface area contributed by atoms with Gasteiger partial charge >= 0.3 is 0 Å². The number of rotatable bonds is 2. The lowest BCUT2D eigenvalue weighted by Gasteiger charge is -2.15. The van der Waals surface area contributed by atoms with Crippen molar-refractivity contribution in [3.05, 3.63) is 34.6 Å². The Labute approximate surface area is 81.1 Å². The van der Waals surface area contributed by atoms with Crippen molar-refractivity contribution in [1.29, 1.82) is 0 Å². The SMILES string of the molecule is C[C@@H](N)[C@@H](O)c1ccc(Cl)cc1F. The third-order valence-electron chi connectivity index (χ3n) is 1.78. The van der Waals surface area contributed by atoms with E-state index in [1.165, 1.54) is 12.1 Å². The maximum absolute atomic E-state index is 13.2. The van der Waals surface area contributed by atoms with Gasteiger partial charge in [0.15, 0.2) is 0 Å². The van der Waals surface area contributed by atoms with Gasteiger partial charge in [0.25, 0.3) is 0 Å². The summed E-state index contributed by atoms with van der Waals surface area (Å²) in [4.78, 5) is 0. The van der Waals surface area contributed by atoms with E-state index in [-0.39, 0.29) is 5.56 Å². The van der Waals surface area contributed by atoms with E-state index >= 15 is 0 Å². The third kappa shape index (κ3) is 2.40. The summed E-state index contributed by atoms with van der Waals surface area (Å²) in [6.45, 7) is 1.61. The van der Waals surface area contributed by atoms with Crippen molar-refractivity contribution in [3.8, 4) is 0 Å². The molecule has 13 heavy (non-hydrogen) atoms. The summed E-state index contributed by atoms with van der Waals surface area (Å²) in [5.74, 6) is -0.530. The Bertz CT molecular complexity index is 304. The van der Waals surface area contributed by atoms with E-state index in [9.17, 15) is 9.50 Å². The van der Waals surface area contributed by atoms with Crippen LogP contribution >= 0.6 is 11.6 Å². The Morgan fingerprint density at radius 2 is 2.15 bits per heavy atom. The van der Waals surface area contributed by atoms with Crippen molar-refractivity contribution < 1.29 is 9.50 Å². The largest absolute Gasteiger partial charge is 0.387 e. The summed E-state index contributed by atoms with van der Waals surface area (Å²) in [7, 11) is 0. The summed E-state index contributed by atoms with van der Waals surface area (Å²) in [5, 5.41) is 9.77. The Hall–Kier alpha value is -0.640. The highest BCUT2D eigenvalue weighted by molar-refractivity contribution is 6.30. The van der Waals surface area contributed by atoms with Crippen molar-refractivity contribution in [2.45, 2.75) is 19.1 Å². The quantitative estimate of drug-likeness (QED) is 0.771. The van der Waals surface area contributed by atoms with E-state index in [1.807, 2.05) is 0 Å². The zero-order valence-corrected chi connectivity index (χ0v) is 7.92. The minimum absolute atomic E-state index is 0.180. The smallest absolute Gasteiger partial charge is 0.130 e. The molecule has 1 rings (SSSR count). The highest BCUT2D eigenvalue weighted by Crippen LogP contribution is 2.22. The van der Waals surface area contributed by atoms with E-state index in [0.29, 0.717) is 5.02 Å². The van der Waals surface area contributed by atoms with E-state index in [0.717, 1.165) is 6.07 Å². The van der Waals surface area contributed by atoms with Gasteiger partial charge in [-0.05, 0) is 19.1 Å². The van der Waals surface area contributed by atoms with E-state index in [4.69, 9.17) is 17.3 Å². The van der Waals surface area contributed by atoms with Crippen LogP contribution in [-0.2, 0) is 0 Å². The van der Waals surface area contributed by atoms with Gasteiger partial charge in [0.1, 0.15) is 5.82 Å². The van der Waals surface area contributed by atoms with Crippen molar-refractivity contribution in [3.63, 3.8) is 0 Å². The summed E-state index contributed by atoms with van der Waals surface area (Å²) in [5.41, 5.74) is 5.61. The van der Waals surface area contributed by atoms with Crippen LogP contribution < -0.4 is 5.73 Å². The molecule has 72 valence electrons. The lowest BCUT2D eigenvalue weighted by molar-refractivity contribution is 0.149. The molecule has 0 unspecified atom stereocenters. The van der Waals surface area contributed by atoms with Crippen LogP contribution in [0, 0.1) is 5.82 Å². The lowest BCUT2D eigenvalue weighted by Crippen LogP contribution is -2.25. The molecule has 0 heterocycles. The van der Waals surface area contributed by atoms with Crippen molar-refractivity contribution in [2.24, 2.45) is 5.73 Å². The second-order valence-electron chi connectivity index (χ2n) is 2.97. The highest BCUT2D eigenvalue weighted by atomic mass is 35.5. The average molecular weight is 204 g/mol. The first kappa shape index (κ1) is 10.4. The van der Waals surface area contributed by atoms with Gasteiger partial charge in [-0.1, -0.05) is 17.7 Å². The standard InChI is InChI=1S/C9H11ClFNO/c1-5(12)9(13)7-3-2-6(10)4-8(7)11/h2-5,9,13H,12H2,1H3/t5-,9-/m1/s1. The van der Waals surface area contributed by atoms with Gasteiger partial charge in [0.05, 0.1) is 6.10 Å². The molecule has 4 heteroatoms. The van der Waals surface area contributed by atoms with Crippen molar-refractivity contribution >= 4 is 11.6 Å². The molecular weight excluding hydrogens is 193 g/mol. The molecule has 0 saturated carbocycles. The monoisotopic (exact) mass is 203 g/mol. The first-order valence-electron chi connectivity index (χ1n) is 3.91. The molecule has 2 nitrogen and oxygen atoms in total. The highest BCUT2D eigenvalue weighted by Gasteiger charge is 2.16. The summed E-state index contributed by atoms with van der Waals surface area (Å²) in [6.07, 6.45) is -0.989. The molecule has 0 fully saturated rings. The van der Waals surface area contributed by atoms with Gasteiger partial charge in [-0.25, -0.2) is 4.39 Å². The van der Waals surface area contributed by atoms with E-state index < -0.39 is 18.0 Å². The fraction of sp³-hybridized carbons (Fsp3) is 0.333. The average Bonchev–Trinajstić information content (AvgIpc) is 2.03. The molecule has 2 atom stereocenters. The molecule has 0 aliphatic carbocycles. The normalized spacial score (nSPS) is 15.5. The molecule has 0 amide bonds. The van der Waals surface area contributed by atoms with Crippen LogP contribution in [0.2, 0.25) is 5.02 Å². The Balaban J connectivity index is 3.01. The predicted molar refractivity (Wildman–Crippen MR) is 50.0 cm³/mol. The summed E-state index contributed by atoms with van der Waals surface area (Å²) < 4.78 is 13.2. The molecule has 0 aromatic heterocycles. The number of nitrogens with two attached hydrogens (primary N) is 1. The van der Waals surface area contributed by atoms with Gasteiger partial charge in [-0.3, -0.25) is 0 Å². The molecule has 0 aliphatic rings. The van der Waals surface area contributed by atoms with Crippen LogP contribution in [0.5, 0.6) is 0 Å². The molecule has 1 aromatic carbocycles. The van der Waals surface area contributed by atoms with Gasteiger partial charge in [0, 0.05) is 16.6 Å². The van der Waals surface area contributed by atoms with Gasteiger partial charge in [-0.2, -0.15) is 0 Å². The zero-order chi connectivity index (χ0) is 10.0. The topological polar surface area (TPSA) is 46.2 Å². The molecule has 0 saturated heterocycles. The summed E-state index contributed by atoms with van der Waals surface area (Å²) >= 11 is 5.55. The van der Waals surface area contributed by atoms with Crippen molar-refractivity contribution in [2.75, 3.05) is 0 Å². The Morgan fingerprint density at radius 3 is 2.62 bits per heavy atom. The molecule has 0 bridgehead atoms. The minimum Gasteiger partial charge on any atom is -0.387 e. The molecular formula is C9H11ClFNO. The van der Waals surface area contributed by atoms with Gasteiger partial charge in [-0.15, -0.1) is 0 Å². The Kier molecular flexibility index (Phi) is 3.25. The number of halogens is 2.